The molecule has 0 spiro atoms. The van der Waals surface area contributed by atoms with E-state index in [2.05, 4.69) is 12.2 Å². The van der Waals surface area contributed by atoms with Crippen LogP contribution in [-0.2, 0) is 14.4 Å². The van der Waals surface area contributed by atoms with Crippen molar-refractivity contribution in [3.05, 3.63) is 4.91 Å². The Balaban J connectivity index is 1.30. The van der Waals surface area contributed by atoms with Gasteiger partial charge in [-0.1, -0.05) is 20.3 Å². The molecule has 3 aliphatic rings. The summed E-state index contributed by atoms with van der Waals surface area (Å²) in [5, 5.41) is 4.96. The van der Waals surface area contributed by atoms with E-state index in [9.17, 15) is 19.3 Å². The van der Waals surface area contributed by atoms with E-state index in [-0.39, 0.29) is 29.7 Å². The summed E-state index contributed by atoms with van der Waals surface area (Å²) >= 11 is 0. The standard InChI is InChI=1S/C24H40N4O4/c1-18-11-14-26(15-12-18)22(29)6-4-3-5-13-28(25-32)21-9-7-20(8-10-21)17-27-23(30)16-19(2)24(27)31/h18-21H,3-17H2,1-2H3. The monoisotopic (exact) mass is 448 g/mol. The number of likely N-dealkylation sites (tertiary alicyclic amines) is 2. The third kappa shape index (κ3) is 6.51. The molecule has 0 aromatic rings. The van der Waals surface area contributed by atoms with Gasteiger partial charge in [0.25, 0.3) is 0 Å². The Bertz CT molecular complexity index is 669. The van der Waals surface area contributed by atoms with Crippen LogP contribution in [0.25, 0.3) is 0 Å². The molecule has 180 valence electrons. The Morgan fingerprint density at radius 1 is 1.00 bits per heavy atom. The van der Waals surface area contributed by atoms with Crippen LogP contribution in [0.3, 0.4) is 0 Å². The van der Waals surface area contributed by atoms with Gasteiger partial charge in [0, 0.05) is 44.9 Å². The molecule has 1 unspecified atom stereocenters. The molecule has 1 saturated carbocycles. The fourth-order valence-electron chi connectivity index (χ4n) is 5.36. The van der Waals surface area contributed by atoms with E-state index in [1.54, 1.807) is 5.01 Å². The second kappa shape index (κ2) is 11.8. The minimum atomic E-state index is -0.188. The summed E-state index contributed by atoms with van der Waals surface area (Å²) in [7, 11) is 0. The Morgan fingerprint density at radius 3 is 2.28 bits per heavy atom. The van der Waals surface area contributed by atoms with Gasteiger partial charge >= 0.3 is 0 Å². The molecule has 2 heterocycles. The summed E-state index contributed by atoms with van der Waals surface area (Å²) in [5.41, 5.74) is 0. The number of nitrogens with zero attached hydrogens (tertiary/aromatic N) is 4. The molecule has 0 radical (unpaired) electrons. The first-order chi connectivity index (χ1) is 15.4. The van der Waals surface area contributed by atoms with Gasteiger partial charge in [0.15, 0.2) is 0 Å². The summed E-state index contributed by atoms with van der Waals surface area (Å²) in [4.78, 5) is 51.3. The molecule has 0 aromatic heterocycles. The summed E-state index contributed by atoms with van der Waals surface area (Å²) in [6.45, 7) is 7.00. The van der Waals surface area contributed by atoms with Crippen molar-refractivity contribution in [2.45, 2.75) is 90.5 Å². The molecule has 8 nitrogen and oxygen atoms in total. The van der Waals surface area contributed by atoms with Gasteiger partial charge in [-0.25, -0.2) is 0 Å². The van der Waals surface area contributed by atoms with E-state index in [1.165, 1.54) is 4.90 Å². The van der Waals surface area contributed by atoms with E-state index in [0.29, 0.717) is 31.8 Å². The number of piperidine rings is 1. The number of carbonyl (C=O) groups excluding carboxylic acids is 3. The SMILES string of the molecule is CC1CCN(C(=O)CCCCCN(N=O)C2CCC(CN3C(=O)CC(C)C3=O)CC2)CC1. The van der Waals surface area contributed by atoms with Crippen LogP contribution in [0.15, 0.2) is 5.29 Å². The Morgan fingerprint density at radius 2 is 1.69 bits per heavy atom. The third-order valence-corrected chi connectivity index (χ3v) is 7.67. The topological polar surface area (TPSA) is 90.4 Å². The van der Waals surface area contributed by atoms with E-state index in [0.717, 1.165) is 76.8 Å². The average Bonchev–Trinajstić information content (AvgIpc) is 3.03. The van der Waals surface area contributed by atoms with Crippen LogP contribution in [-0.4, -0.2) is 64.8 Å². The van der Waals surface area contributed by atoms with Crippen LogP contribution in [0.1, 0.15) is 84.5 Å². The Kier molecular flexibility index (Phi) is 9.05. The van der Waals surface area contributed by atoms with Crippen LogP contribution in [0.4, 0.5) is 0 Å². The smallest absolute Gasteiger partial charge is 0.232 e. The van der Waals surface area contributed by atoms with Crippen molar-refractivity contribution in [3.8, 4) is 0 Å². The van der Waals surface area contributed by atoms with Gasteiger partial charge in [-0.2, -0.15) is 0 Å². The Hall–Kier alpha value is -1.99. The molecule has 3 amide bonds. The zero-order chi connectivity index (χ0) is 23.1. The lowest BCUT2D eigenvalue weighted by Gasteiger charge is -2.34. The molecule has 3 fully saturated rings. The summed E-state index contributed by atoms with van der Waals surface area (Å²) < 4.78 is 0. The number of rotatable bonds is 10. The molecular weight excluding hydrogens is 408 g/mol. The number of hydrogen-bond acceptors (Lipinski definition) is 5. The highest BCUT2D eigenvalue weighted by molar-refractivity contribution is 6.03. The van der Waals surface area contributed by atoms with Crippen molar-refractivity contribution in [2.75, 3.05) is 26.2 Å². The molecule has 2 aliphatic heterocycles. The minimum absolute atomic E-state index is 0.0402. The van der Waals surface area contributed by atoms with Crippen LogP contribution >= 0.6 is 0 Å². The number of nitroso groups, excluding NO2 is 1. The van der Waals surface area contributed by atoms with Crippen LogP contribution in [0.2, 0.25) is 0 Å². The first-order valence-electron chi connectivity index (χ1n) is 12.6. The lowest BCUT2D eigenvalue weighted by Crippen LogP contribution is -2.39. The van der Waals surface area contributed by atoms with E-state index >= 15 is 0 Å². The zero-order valence-corrected chi connectivity index (χ0v) is 19.8. The average molecular weight is 449 g/mol. The summed E-state index contributed by atoms with van der Waals surface area (Å²) in [5.74, 6) is 1.04. The third-order valence-electron chi connectivity index (χ3n) is 7.67. The molecule has 3 rings (SSSR count). The predicted octanol–water partition coefficient (Wildman–Crippen LogP) is 3.74. The van der Waals surface area contributed by atoms with Gasteiger partial charge < -0.3 is 4.90 Å². The first-order valence-corrected chi connectivity index (χ1v) is 12.6. The van der Waals surface area contributed by atoms with Crippen LogP contribution < -0.4 is 0 Å². The fraction of sp³-hybridized carbons (Fsp3) is 0.875. The minimum Gasteiger partial charge on any atom is -0.343 e. The highest BCUT2D eigenvalue weighted by atomic mass is 16.3. The van der Waals surface area contributed by atoms with Gasteiger partial charge in [-0.05, 0) is 63.2 Å². The summed E-state index contributed by atoms with van der Waals surface area (Å²) in [6, 6.07) is 0.143. The summed E-state index contributed by atoms with van der Waals surface area (Å²) in [6.07, 6.45) is 9.36. The van der Waals surface area contributed by atoms with Crippen molar-refractivity contribution >= 4 is 17.7 Å². The van der Waals surface area contributed by atoms with Crippen molar-refractivity contribution in [1.82, 2.24) is 14.8 Å². The van der Waals surface area contributed by atoms with Gasteiger partial charge in [0.2, 0.25) is 17.7 Å². The van der Waals surface area contributed by atoms with Gasteiger partial charge in [0.1, 0.15) is 0 Å². The molecule has 0 N–H and O–H groups in total. The second-order valence-corrected chi connectivity index (χ2v) is 10.2. The van der Waals surface area contributed by atoms with E-state index < -0.39 is 0 Å². The highest BCUT2D eigenvalue weighted by Crippen LogP contribution is 2.30. The molecule has 1 atom stereocenters. The maximum absolute atomic E-state index is 12.3. The lowest BCUT2D eigenvalue weighted by atomic mass is 9.85. The number of unbranched alkanes of at least 4 members (excludes halogenated alkanes) is 2. The number of amides is 3. The molecule has 1 aliphatic carbocycles. The van der Waals surface area contributed by atoms with E-state index in [4.69, 9.17) is 0 Å². The second-order valence-electron chi connectivity index (χ2n) is 10.2. The van der Waals surface area contributed by atoms with Gasteiger partial charge in [-0.15, -0.1) is 4.91 Å². The highest BCUT2D eigenvalue weighted by Gasteiger charge is 2.37. The van der Waals surface area contributed by atoms with Crippen molar-refractivity contribution < 1.29 is 14.4 Å². The Labute approximate surface area is 192 Å². The van der Waals surface area contributed by atoms with Crippen LogP contribution in [0.5, 0.6) is 0 Å². The number of imide groups is 1. The van der Waals surface area contributed by atoms with Crippen molar-refractivity contribution in [3.63, 3.8) is 0 Å². The van der Waals surface area contributed by atoms with Gasteiger partial charge in [0.05, 0.1) is 11.3 Å². The van der Waals surface area contributed by atoms with Crippen LogP contribution in [0, 0.1) is 22.7 Å². The number of carbonyl (C=O) groups is 3. The molecule has 0 aromatic carbocycles. The first kappa shape index (κ1) is 24.6. The molecule has 32 heavy (non-hydrogen) atoms. The van der Waals surface area contributed by atoms with Gasteiger partial charge in [-0.3, -0.25) is 24.3 Å². The van der Waals surface area contributed by atoms with E-state index in [1.807, 2.05) is 11.8 Å². The zero-order valence-electron chi connectivity index (χ0n) is 19.8. The normalized spacial score (nSPS) is 27.1. The largest absolute Gasteiger partial charge is 0.343 e. The molecule has 0 bridgehead atoms. The predicted molar refractivity (Wildman–Crippen MR) is 122 cm³/mol. The lowest BCUT2D eigenvalue weighted by molar-refractivity contribution is -0.140. The van der Waals surface area contributed by atoms with Crippen molar-refractivity contribution in [1.29, 1.82) is 0 Å². The maximum Gasteiger partial charge on any atom is 0.232 e. The molecular formula is C24H40N4O4. The quantitative estimate of drug-likeness (QED) is 0.220. The fourth-order valence-corrected chi connectivity index (χ4v) is 5.36. The molecule has 2 saturated heterocycles. The number of hydrogen-bond donors (Lipinski definition) is 0. The maximum atomic E-state index is 12.3. The molecule has 8 heteroatoms. The van der Waals surface area contributed by atoms with Crippen molar-refractivity contribution in [2.24, 2.45) is 23.0 Å².